The van der Waals surface area contributed by atoms with Crippen LogP contribution in [0, 0.1) is 23.0 Å². The molecule has 20 heavy (non-hydrogen) atoms. The van der Waals surface area contributed by atoms with Gasteiger partial charge in [0, 0.05) is 24.3 Å². The summed E-state index contributed by atoms with van der Waals surface area (Å²) in [5.74, 6) is -0.736. The van der Waals surface area contributed by atoms with Crippen molar-refractivity contribution in [3.8, 4) is 6.07 Å². The van der Waals surface area contributed by atoms with E-state index in [2.05, 4.69) is 0 Å². The second-order valence-electron chi connectivity index (χ2n) is 4.41. The van der Waals surface area contributed by atoms with Gasteiger partial charge in [-0.1, -0.05) is 12.1 Å². The van der Waals surface area contributed by atoms with E-state index in [-0.39, 0.29) is 5.82 Å². The van der Waals surface area contributed by atoms with E-state index in [9.17, 15) is 8.78 Å². The van der Waals surface area contributed by atoms with Gasteiger partial charge in [0.25, 0.3) is 0 Å². The number of rotatable bonds is 4. The fourth-order valence-corrected chi connectivity index (χ4v) is 2.01. The molecule has 0 unspecified atom stereocenters. The van der Waals surface area contributed by atoms with Crippen LogP contribution in [0.3, 0.4) is 0 Å². The fourth-order valence-electron chi connectivity index (χ4n) is 2.01. The number of hydrogen-bond donors (Lipinski definition) is 0. The van der Waals surface area contributed by atoms with E-state index in [1.165, 1.54) is 18.2 Å². The van der Waals surface area contributed by atoms with E-state index in [0.717, 1.165) is 0 Å². The summed E-state index contributed by atoms with van der Waals surface area (Å²) in [6, 6.07) is 12.5. The molecule has 0 aliphatic rings. The molecule has 102 valence electrons. The molecule has 2 nitrogen and oxygen atoms in total. The highest BCUT2D eigenvalue weighted by atomic mass is 19.1. The van der Waals surface area contributed by atoms with Gasteiger partial charge in [-0.15, -0.1) is 0 Å². The zero-order chi connectivity index (χ0) is 14.5. The lowest BCUT2D eigenvalue weighted by Gasteiger charge is -2.23. The average molecular weight is 272 g/mol. The molecule has 2 aromatic carbocycles. The second-order valence-corrected chi connectivity index (χ2v) is 4.41. The summed E-state index contributed by atoms with van der Waals surface area (Å²) in [4.78, 5) is 1.87. The van der Waals surface area contributed by atoms with Gasteiger partial charge in [-0.3, -0.25) is 0 Å². The van der Waals surface area contributed by atoms with Crippen LogP contribution in [0.1, 0.15) is 18.1 Å². The van der Waals surface area contributed by atoms with Crippen LogP contribution >= 0.6 is 0 Å². The van der Waals surface area contributed by atoms with E-state index in [0.29, 0.717) is 29.9 Å². The molecule has 0 saturated carbocycles. The van der Waals surface area contributed by atoms with Crippen molar-refractivity contribution >= 4 is 5.69 Å². The van der Waals surface area contributed by atoms with Gasteiger partial charge in [0.1, 0.15) is 11.6 Å². The van der Waals surface area contributed by atoms with Crippen molar-refractivity contribution < 1.29 is 8.78 Å². The van der Waals surface area contributed by atoms with Crippen molar-refractivity contribution in [3.63, 3.8) is 0 Å². The number of nitriles is 1. The second kappa shape index (κ2) is 6.16. The normalized spacial score (nSPS) is 10.1. The summed E-state index contributed by atoms with van der Waals surface area (Å²) in [6.07, 6.45) is 0. The van der Waals surface area contributed by atoms with Crippen LogP contribution < -0.4 is 4.90 Å². The Bertz CT molecular complexity index is 647. The van der Waals surface area contributed by atoms with Crippen LogP contribution in [0.5, 0.6) is 0 Å². The summed E-state index contributed by atoms with van der Waals surface area (Å²) in [6.45, 7) is 2.88. The Morgan fingerprint density at radius 3 is 2.55 bits per heavy atom. The van der Waals surface area contributed by atoms with Gasteiger partial charge in [-0.2, -0.15) is 5.26 Å². The lowest BCUT2D eigenvalue weighted by molar-refractivity contribution is 0.603. The first-order valence-corrected chi connectivity index (χ1v) is 6.33. The van der Waals surface area contributed by atoms with Crippen LogP contribution in [0.25, 0.3) is 0 Å². The fraction of sp³-hybridized carbons (Fsp3) is 0.188. The topological polar surface area (TPSA) is 27.0 Å². The van der Waals surface area contributed by atoms with Gasteiger partial charge in [0.2, 0.25) is 0 Å². The number of anilines is 1. The standard InChI is InChI=1S/C16H14F2N2/c1-2-20(15-5-3-4-14(17)9-15)11-13-7-6-12(10-19)8-16(13)18/h3-9H,2,11H2,1H3. The maximum atomic E-state index is 13.9. The van der Waals surface area contributed by atoms with Crippen molar-refractivity contribution in [2.75, 3.05) is 11.4 Å². The van der Waals surface area contributed by atoms with E-state index in [1.54, 1.807) is 24.3 Å². The molecule has 2 rings (SSSR count). The molecule has 0 saturated heterocycles. The minimum absolute atomic E-state index is 0.292. The monoisotopic (exact) mass is 272 g/mol. The van der Waals surface area contributed by atoms with Crippen molar-refractivity contribution in [1.82, 2.24) is 0 Å². The van der Waals surface area contributed by atoms with Gasteiger partial charge in [0.15, 0.2) is 0 Å². The highest BCUT2D eigenvalue weighted by Crippen LogP contribution is 2.20. The van der Waals surface area contributed by atoms with Crippen LogP contribution in [-0.4, -0.2) is 6.54 Å². The molecule has 0 aliphatic heterocycles. The first-order chi connectivity index (χ1) is 9.63. The molecule has 0 aromatic heterocycles. The summed E-state index contributed by atoms with van der Waals surface area (Å²) in [7, 11) is 0. The molecule has 4 heteroatoms. The molecular formula is C16H14F2N2. The molecule has 0 bridgehead atoms. The Morgan fingerprint density at radius 2 is 1.95 bits per heavy atom. The smallest absolute Gasteiger partial charge is 0.129 e. The van der Waals surface area contributed by atoms with E-state index in [4.69, 9.17) is 5.26 Å². The minimum atomic E-state index is -0.418. The average Bonchev–Trinajstić information content (AvgIpc) is 2.46. The molecule has 0 fully saturated rings. The van der Waals surface area contributed by atoms with Gasteiger partial charge in [0.05, 0.1) is 11.6 Å². The van der Waals surface area contributed by atoms with Crippen molar-refractivity contribution in [3.05, 3.63) is 65.2 Å². The molecule has 0 atom stereocenters. The highest BCUT2D eigenvalue weighted by molar-refractivity contribution is 5.47. The summed E-state index contributed by atoms with van der Waals surface area (Å²) < 4.78 is 27.1. The Balaban J connectivity index is 2.25. The third-order valence-electron chi connectivity index (χ3n) is 3.10. The number of hydrogen-bond acceptors (Lipinski definition) is 2. The molecule has 0 aliphatic carbocycles. The Morgan fingerprint density at radius 1 is 1.15 bits per heavy atom. The van der Waals surface area contributed by atoms with E-state index >= 15 is 0 Å². The first-order valence-electron chi connectivity index (χ1n) is 6.33. The minimum Gasteiger partial charge on any atom is -0.367 e. The van der Waals surface area contributed by atoms with Gasteiger partial charge in [-0.25, -0.2) is 8.78 Å². The summed E-state index contributed by atoms with van der Waals surface area (Å²) in [5.41, 5.74) is 1.48. The molecule has 2 aromatic rings. The number of nitrogens with zero attached hydrogens (tertiary/aromatic N) is 2. The molecule has 0 spiro atoms. The van der Waals surface area contributed by atoms with Gasteiger partial charge >= 0.3 is 0 Å². The van der Waals surface area contributed by atoms with Gasteiger partial charge in [-0.05, 0) is 37.3 Å². The lowest BCUT2D eigenvalue weighted by atomic mass is 10.1. The maximum Gasteiger partial charge on any atom is 0.129 e. The molecule has 0 heterocycles. The lowest BCUT2D eigenvalue weighted by Crippen LogP contribution is -2.22. The molecule has 0 amide bonds. The first kappa shape index (κ1) is 14.0. The van der Waals surface area contributed by atoms with Crippen LogP contribution in [0.15, 0.2) is 42.5 Å². The van der Waals surface area contributed by atoms with Crippen molar-refractivity contribution in [2.24, 2.45) is 0 Å². The predicted octanol–water partition coefficient (Wildman–Crippen LogP) is 3.86. The largest absolute Gasteiger partial charge is 0.367 e. The van der Waals surface area contributed by atoms with Crippen molar-refractivity contribution in [2.45, 2.75) is 13.5 Å². The van der Waals surface area contributed by atoms with Crippen LogP contribution in [0.2, 0.25) is 0 Å². The maximum absolute atomic E-state index is 13.9. The summed E-state index contributed by atoms with van der Waals surface area (Å²) >= 11 is 0. The van der Waals surface area contributed by atoms with Crippen LogP contribution in [0.4, 0.5) is 14.5 Å². The van der Waals surface area contributed by atoms with Crippen LogP contribution in [-0.2, 0) is 6.54 Å². The van der Waals surface area contributed by atoms with Gasteiger partial charge < -0.3 is 4.90 Å². The Kier molecular flexibility index (Phi) is 4.31. The number of benzene rings is 2. The zero-order valence-corrected chi connectivity index (χ0v) is 11.1. The summed E-state index contributed by atoms with van der Waals surface area (Å²) in [5, 5.41) is 8.72. The highest BCUT2D eigenvalue weighted by Gasteiger charge is 2.10. The molecular weight excluding hydrogens is 258 g/mol. The molecule has 0 radical (unpaired) electrons. The van der Waals surface area contributed by atoms with E-state index in [1.807, 2.05) is 17.9 Å². The predicted molar refractivity (Wildman–Crippen MR) is 74.2 cm³/mol. The zero-order valence-electron chi connectivity index (χ0n) is 11.1. The van der Waals surface area contributed by atoms with E-state index < -0.39 is 5.82 Å². The number of halogens is 2. The SMILES string of the molecule is CCN(Cc1ccc(C#N)cc1F)c1cccc(F)c1. The Labute approximate surface area is 116 Å². The Hall–Kier alpha value is -2.41. The quantitative estimate of drug-likeness (QED) is 0.845. The van der Waals surface area contributed by atoms with Crippen molar-refractivity contribution in [1.29, 1.82) is 5.26 Å². The third-order valence-corrected chi connectivity index (χ3v) is 3.10. The molecule has 0 N–H and O–H groups in total. The third kappa shape index (κ3) is 3.12.